The molecule has 0 radical (unpaired) electrons. The summed E-state index contributed by atoms with van der Waals surface area (Å²) in [6.45, 7) is 8.53. The van der Waals surface area contributed by atoms with E-state index in [0.29, 0.717) is 12.1 Å². The average molecular weight is 399 g/mol. The van der Waals surface area contributed by atoms with E-state index >= 15 is 0 Å². The lowest BCUT2D eigenvalue weighted by atomic mass is 9.94. The molecule has 0 aliphatic rings. The number of rotatable bonds is 4. The molecule has 5 nitrogen and oxygen atoms in total. The fourth-order valence-corrected chi connectivity index (χ4v) is 3.94. The molecule has 4 rings (SSSR count). The topological polar surface area (TPSA) is 59.8 Å². The van der Waals surface area contributed by atoms with E-state index in [4.69, 9.17) is 4.98 Å². The third-order valence-electron chi connectivity index (χ3n) is 5.57. The molecule has 152 valence electrons. The Balaban J connectivity index is 1.82. The van der Waals surface area contributed by atoms with Crippen LogP contribution in [0.15, 0.2) is 48.7 Å². The minimum absolute atomic E-state index is 0.0964. The second-order valence-electron chi connectivity index (χ2n) is 7.89. The third kappa shape index (κ3) is 3.59. The van der Waals surface area contributed by atoms with Gasteiger partial charge in [-0.05, 0) is 51.0 Å². The smallest absolute Gasteiger partial charge is 0.252 e. The van der Waals surface area contributed by atoms with Crippen LogP contribution in [0, 0.1) is 27.7 Å². The minimum Gasteiger partial charge on any atom is -0.348 e. The number of nitrogens with one attached hydrogen (secondary N) is 1. The summed E-state index contributed by atoms with van der Waals surface area (Å²) >= 11 is 0. The van der Waals surface area contributed by atoms with Gasteiger partial charge in [-0.1, -0.05) is 35.9 Å². The molecule has 0 saturated carbocycles. The summed E-state index contributed by atoms with van der Waals surface area (Å²) in [5.41, 5.74) is 8.56. The van der Waals surface area contributed by atoms with Gasteiger partial charge in [0.1, 0.15) is 0 Å². The van der Waals surface area contributed by atoms with Crippen molar-refractivity contribution in [3.63, 3.8) is 0 Å². The van der Waals surface area contributed by atoms with E-state index in [1.807, 2.05) is 51.4 Å². The highest BCUT2D eigenvalue weighted by Crippen LogP contribution is 2.32. The molecule has 0 spiro atoms. The van der Waals surface area contributed by atoms with Crippen LogP contribution in [0.25, 0.3) is 22.2 Å². The highest BCUT2D eigenvalue weighted by Gasteiger charge is 2.20. The minimum atomic E-state index is -0.0964. The zero-order chi connectivity index (χ0) is 21.4. The number of hydrogen-bond acceptors (Lipinski definition) is 3. The first-order valence-electron chi connectivity index (χ1n) is 10.1. The van der Waals surface area contributed by atoms with Crippen LogP contribution in [0.1, 0.15) is 38.3 Å². The summed E-state index contributed by atoms with van der Waals surface area (Å²) in [5.74, 6) is -0.0964. The number of carbonyl (C=O) groups excluding carboxylic acids is 1. The maximum atomic E-state index is 13.3. The first kappa shape index (κ1) is 19.8. The average Bonchev–Trinajstić information content (AvgIpc) is 3.04. The van der Waals surface area contributed by atoms with E-state index in [9.17, 15) is 4.79 Å². The largest absolute Gasteiger partial charge is 0.348 e. The van der Waals surface area contributed by atoms with Gasteiger partial charge in [0.15, 0.2) is 0 Å². The van der Waals surface area contributed by atoms with Gasteiger partial charge < -0.3 is 5.32 Å². The number of aromatic nitrogens is 3. The van der Waals surface area contributed by atoms with Crippen LogP contribution in [0.5, 0.6) is 0 Å². The maximum Gasteiger partial charge on any atom is 0.252 e. The SMILES string of the molecule is Cc1ccc(C)c(-c2nc3ccccc3c(C(=O)NCc3cn(C)nc3C)c2C)c1. The summed E-state index contributed by atoms with van der Waals surface area (Å²) in [6.07, 6.45) is 1.94. The molecule has 2 aromatic carbocycles. The van der Waals surface area contributed by atoms with Crippen molar-refractivity contribution in [3.8, 4) is 11.3 Å². The fourth-order valence-electron chi connectivity index (χ4n) is 3.94. The van der Waals surface area contributed by atoms with Gasteiger partial charge in [0.2, 0.25) is 0 Å². The number of amides is 1. The van der Waals surface area contributed by atoms with Crippen LogP contribution in [0.4, 0.5) is 0 Å². The monoisotopic (exact) mass is 398 g/mol. The first-order chi connectivity index (χ1) is 14.3. The predicted molar refractivity (Wildman–Crippen MR) is 121 cm³/mol. The lowest BCUT2D eigenvalue weighted by Crippen LogP contribution is -2.24. The van der Waals surface area contributed by atoms with Gasteiger partial charge in [0, 0.05) is 36.3 Å². The van der Waals surface area contributed by atoms with Crippen molar-refractivity contribution >= 4 is 16.8 Å². The summed E-state index contributed by atoms with van der Waals surface area (Å²) in [5, 5.41) is 8.31. The van der Waals surface area contributed by atoms with Crippen molar-refractivity contribution in [3.05, 3.63) is 82.2 Å². The molecule has 30 heavy (non-hydrogen) atoms. The Morgan fingerprint density at radius 2 is 1.83 bits per heavy atom. The van der Waals surface area contributed by atoms with Crippen LogP contribution in [0.2, 0.25) is 0 Å². The molecule has 5 heteroatoms. The number of aryl methyl sites for hydroxylation is 4. The zero-order valence-electron chi connectivity index (χ0n) is 18.1. The van der Waals surface area contributed by atoms with Crippen molar-refractivity contribution in [1.29, 1.82) is 0 Å². The molecule has 0 unspecified atom stereocenters. The number of pyridine rings is 1. The normalized spacial score (nSPS) is 11.1. The van der Waals surface area contributed by atoms with Gasteiger partial charge in [-0.2, -0.15) is 5.10 Å². The third-order valence-corrected chi connectivity index (χ3v) is 5.57. The first-order valence-corrected chi connectivity index (χ1v) is 10.1. The summed E-state index contributed by atoms with van der Waals surface area (Å²) in [7, 11) is 1.88. The number of fused-ring (bicyclic) bond motifs is 1. The molecule has 1 N–H and O–H groups in total. The quantitative estimate of drug-likeness (QED) is 0.537. The molecule has 1 amide bonds. The van der Waals surface area contributed by atoms with Crippen molar-refractivity contribution in [2.45, 2.75) is 34.2 Å². The Kier molecular flexibility index (Phi) is 5.12. The molecule has 0 aliphatic carbocycles. The van der Waals surface area contributed by atoms with Crippen molar-refractivity contribution in [2.24, 2.45) is 7.05 Å². The van der Waals surface area contributed by atoms with Gasteiger partial charge in [-0.25, -0.2) is 4.98 Å². The van der Waals surface area contributed by atoms with Crippen molar-refractivity contribution < 1.29 is 4.79 Å². The van der Waals surface area contributed by atoms with Gasteiger partial charge in [0.05, 0.1) is 22.5 Å². The van der Waals surface area contributed by atoms with E-state index in [1.165, 1.54) is 5.56 Å². The molecular formula is C25H26N4O. The summed E-state index contributed by atoms with van der Waals surface area (Å²) in [6, 6.07) is 14.2. The number of benzene rings is 2. The zero-order valence-corrected chi connectivity index (χ0v) is 18.1. The van der Waals surface area contributed by atoms with Crippen LogP contribution in [-0.4, -0.2) is 20.7 Å². The molecule has 2 heterocycles. The van der Waals surface area contributed by atoms with Gasteiger partial charge in [0.25, 0.3) is 5.91 Å². The molecule has 2 aromatic heterocycles. The highest BCUT2D eigenvalue weighted by atomic mass is 16.1. The second-order valence-corrected chi connectivity index (χ2v) is 7.89. The van der Waals surface area contributed by atoms with E-state index in [0.717, 1.165) is 44.5 Å². The van der Waals surface area contributed by atoms with E-state index in [-0.39, 0.29) is 5.91 Å². The molecule has 4 aromatic rings. The highest BCUT2D eigenvalue weighted by molar-refractivity contribution is 6.09. The summed E-state index contributed by atoms with van der Waals surface area (Å²) < 4.78 is 1.77. The molecule has 0 saturated heterocycles. The molecule has 0 fully saturated rings. The molecule has 0 atom stereocenters. The lowest BCUT2D eigenvalue weighted by Gasteiger charge is -2.16. The van der Waals surface area contributed by atoms with Crippen molar-refractivity contribution in [1.82, 2.24) is 20.1 Å². The maximum absolute atomic E-state index is 13.3. The van der Waals surface area contributed by atoms with Crippen LogP contribution in [-0.2, 0) is 13.6 Å². The Hall–Kier alpha value is -3.47. The van der Waals surface area contributed by atoms with E-state index in [1.54, 1.807) is 4.68 Å². The number of para-hydroxylation sites is 1. The Morgan fingerprint density at radius 3 is 2.57 bits per heavy atom. The molecule has 0 bridgehead atoms. The van der Waals surface area contributed by atoms with E-state index < -0.39 is 0 Å². The van der Waals surface area contributed by atoms with Crippen molar-refractivity contribution in [2.75, 3.05) is 0 Å². The number of hydrogen-bond donors (Lipinski definition) is 1. The molecular weight excluding hydrogens is 372 g/mol. The van der Waals surface area contributed by atoms with E-state index in [2.05, 4.69) is 42.5 Å². The standard InChI is InChI=1S/C25H26N4O/c1-15-10-11-16(2)21(12-15)24-17(3)23(20-8-6-7-9-22(20)27-24)25(30)26-13-19-14-29(5)28-18(19)4/h6-12,14H,13H2,1-5H3,(H,26,30). The van der Waals surface area contributed by atoms with Crippen LogP contribution < -0.4 is 5.32 Å². The predicted octanol–water partition coefficient (Wildman–Crippen LogP) is 4.80. The van der Waals surface area contributed by atoms with Gasteiger partial charge in [-0.3, -0.25) is 9.48 Å². The molecule has 0 aliphatic heterocycles. The van der Waals surface area contributed by atoms with Gasteiger partial charge in [-0.15, -0.1) is 0 Å². The van der Waals surface area contributed by atoms with Crippen LogP contribution >= 0.6 is 0 Å². The Labute approximate surface area is 176 Å². The second kappa shape index (κ2) is 7.75. The van der Waals surface area contributed by atoms with Gasteiger partial charge >= 0.3 is 0 Å². The lowest BCUT2D eigenvalue weighted by molar-refractivity contribution is 0.0952. The fraction of sp³-hybridized carbons (Fsp3) is 0.240. The Bertz CT molecular complexity index is 1270. The Morgan fingerprint density at radius 1 is 1.07 bits per heavy atom. The van der Waals surface area contributed by atoms with Crippen LogP contribution in [0.3, 0.4) is 0 Å². The summed E-state index contributed by atoms with van der Waals surface area (Å²) in [4.78, 5) is 18.3. The number of nitrogens with zero attached hydrogens (tertiary/aromatic N) is 3. The number of carbonyl (C=O) groups is 1.